The Balaban J connectivity index is 1.45. The van der Waals surface area contributed by atoms with Crippen molar-refractivity contribution in [3.8, 4) is 5.75 Å². The highest BCUT2D eigenvalue weighted by molar-refractivity contribution is 5.96. The predicted octanol–water partition coefficient (Wildman–Crippen LogP) is 2.51. The molecule has 0 bridgehead atoms. The van der Waals surface area contributed by atoms with E-state index in [2.05, 4.69) is 5.32 Å². The number of ether oxygens (including phenoxy) is 2. The lowest BCUT2D eigenvalue weighted by Gasteiger charge is -2.32. The molecule has 0 spiro atoms. The first kappa shape index (κ1) is 23.1. The van der Waals surface area contributed by atoms with Gasteiger partial charge in [0, 0.05) is 31.3 Å². The zero-order valence-corrected chi connectivity index (χ0v) is 17.8. The van der Waals surface area contributed by atoms with Gasteiger partial charge in [0.1, 0.15) is 24.3 Å². The molecule has 1 aliphatic heterocycles. The Morgan fingerprint density at radius 2 is 1.97 bits per heavy atom. The number of morpholine rings is 1. The van der Waals surface area contributed by atoms with Crippen LogP contribution in [0.25, 0.3) is 0 Å². The number of rotatable bonds is 8. The van der Waals surface area contributed by atoms with Crippen LogP contribution in [-0.4, -0.2) is 54.9 Å². The number of carbonyl (C=O) groups is 3. The standard InChI is InChI=1S/C24H25FN2O5/c1-17(28)21-8-7-19(13-22(21)25)32-16-20-15-27(11-12-31-20)24(30)10-9-23(29)26-14-18-5-3-2-4-6-18/h2-10,13,20H,11-12,14-16H2,1H3,(H,26,29). The molecule has 8 heteroatoms. The van der Waals surface area contributed by atoms with Crippen molar-refractivity contribution in [3.05, 3.63) is 77.6 Å². The number of halogens is 1. The van der Waals surface area contributed by atoms with E-state index in [1.807, 2.05) is 30.3 Å². The number of ketones is 1. The summed E-state index contributed by atoms with van der Waals surface area (Å²) in [5.74, 6) is -1.39. The Morgan fingerprint density at radius 3 is 2.69 bits per heavy atom. The summed E-state index contributed by atoms with van der Waals surface area (Å²) in [6.07, 6.45) is 2.05. The number of Topliss-reactive ketones (excluding diaryl/α,β-unsaturated/α-hetero) is 1. The lowest BCUT2D eigenvalue weighted by Crippen LogP contribution is -2.47. The first-order valence-corrected chi connectivity index (χ1v) is 10.3. The van der Waals surface area contributed by atoms with Crippen LogP contribution in [0.4, 0.5) is 4.39 Å². The second kappa shape index (κ2) is 11.2. The van der Waals surface area contributed by atoms with Crippen LogP contribution in [0.5, 0.6) is 5.75 Å². The van der Waals surface area contributed by atoms with Crippen LogP contribution in [0.1, 0.15) is 22.8 Å². The van der Waals surface area contributed by atoms with E-state index in [4.69, 9.17) is 9.47 Å². The second-order valence-corrected chi connectivity index (χ2v) is 7.32. The third-order valence-corrected chi connectivity index (χ3v) is 4.89. The van der Waals surface area contributed by atoms with Crippen molar-refractivity contribution in [2.75, 3.05) is 26.3 Å². The van der Waals surface area contributed by atoms with Gasteiger partial charge in [-0.2, -0.15) is 0 Å². The summed E-state index contributed by atoms with van der Waals surface area (Å²) in [6.45, 7) is 2.79. The van der Waals surface area contributed by atoms with Crippen LogP contribution in [0.2, 0.25) is 0 Å². The summed E-state index contributed by atoms with van der Waals surface area (Å²) >= 11 is 0. The minimum Gasteiger partial charge on any atom is -0.491 e. The van der Waals surface area contributed by atoms with Gasteiger partial charge in [-0.05, 0) is 24.6 Å². The van der Waals surface area contributed by atoms with E-state index in [9.17, 15) is 18.8 Å². The zero-order chi connectivity index (χ0) is 22.9. The summed E-state index contributed by atoms with van der Waals surface area (Å²) in [4.78, 5) is 37.3. The predicted molar refractivity (Wildman–Crippen MR) is 116 cm³/mol. The molecule has 7 nitrogen and oxygen atoms in total. The van der Waals surface area contributed by atoms with E-state index < -0.39 is 11.9 Å². The third-order valence-electron chi connectivity index (χ3n) is 4.89. The number of benzene rings is 2. The highest BCUT2D eigenvalue weighted by Crippen LogP contribution is 2.18. The Morgan fingerprint density at radius 1 is 1.19 bits per heavy atom. The molecule has 2 aromatic rings. The van der Waals surface area contributed by atoms with Crippen molar-refractivity contribution in [2.24, 2.45) is 0 Å². The van der Waals surface area contributed by atoms with Gasteiger partial charge in [0.05, 0.1) is 18.7 Å². The molecule has 1 saturated heterocycles. The average Bonchev–Trinajstić information content (AvgIpc) is 2.80. The maximum atomic E-state index is 13.9. The second-order valence-electron chi connectivity index (χ2n) is 7.32. The topological polar surface area (TPSA) is 84.9 Å². The molecule has 0 aliphatic carbocycles. The largest absolute Gasteiger partial charge is 0.491 e. The lowest BCUT2D eigenvalue weighted by molar-refractivity contribution is -0.134. The van der Waals surface area contributed by atoms with E-state index >= 15 is 0 Å². The summed E-state index contributed by atoms with van der Waals surface area (Å²) in [5.41, 5.74) is 0.968. The van der Waals surface area contributed by atoms with Crippen LogP contribution < -0.4 is 10.1 Å². The number of carbonyl (C=O) groups excluding carboxylic acids is 3. The molecule has 1 fully saturated rings. The van der Waals surface area contributed by atoms with Crippen molar-refractivity contribution >= 4 is 17.6 Å². The normalized spacial score (nSPS) is 16.1. The summed E-state index contributed by atoms with van der Waals surface area (Å²) in [7, 11) is 0. The minimum atomic E-state index is -0.646. The first-order valence-electron chi connectivity index (χ1n) is 10.3. The molecular formula is C24H25FN2O5. The maximum Gasteiger partial charge on any atom is 0.246 e. The number of hydrogen-bond acceptors (Lipinski definition) is 5. The fraction of sp³-hybridized carbons (Fsp3) is 0.292. The average molecular weight is 440 g/mol. The molecule has 0 aromatic heterocycles. The lowest BCUT2D eigenvalue weighted by atomic mass is 10.1. The quantitative estimate of drug-likeness (QED) is 0.504. The van der Waals surface area contributed by atoms with Gasteiger partial charge in [0.25, 0.3) is 0 Å². The molecule has 1 aliphatic rings. The van der Waals surface area contributed by atoms with Crippen molar-refractivity contribution in [2.45, 2.75) is 19.6 Å². The molecule has 168 valence electrons. The third kappa shape index (κ3) is 6.75. The number of nitrogens with one attached hydrogen (secondary N) is 1. The molecule has 0 saturated carbocycles. The number of nitrogens with zero attached hydrogens (tertiary/aromatic N) is 1. The minimum absolute atomic E-state index is 0.00244. The van der Waals surface area contributed by atoms with Gasteiger partial charge < -0.3 is 19.7 Å². The molecular weight excluding hydrogens is 415 g/mol. The maximum absolute atomic E-state index is 13.9. The Labute approximate surface area is 185 Å². The molecule has 1 heterocycles. The summed E-state index contributed by atoms with van der Waals surface area (Å²) < 4.78 is 25.1. The van der Waals surface area contributed by atoms with Crippen LogP contribution in [0.15, 0.2) is 60.7 Å². The smallest absolute Gasteiger partial charge is 0.246 e. The molecule has 1 atom stereocenters. The fourth-order valence-electron chi connectivity index (χ4n) is 3.18. The van der Waals surface area contributed by atoms with Gasteiger partial charge in [0.15, 0.2) is 5.78 Å². The zero-order valence-electron chi connectivity index (χ0n) is 17.8. The Hall–Kier alpha value is -3.52. The van der Waals surface area contributed by atoms with Gasteiger partial charge in [-0.1, -0.05) is 30.3 Å². The van der Waals surface area contributed by atoms with Crippen LogP contribution >= 0.6 is 0 Å². The van der Waals surface area contributed by atoms with Crippen LogP contribution in [0.3, 0.4) is 0 Å². The highest BCUT2D eigenvalue weighted by atomic mass is 19.1. The van der Waals surface area contributed by atoms with Crippen molar-refractivity contribution in [1.29, 1.82) is 0 Å². The molecule has 2 amide bonds. The van der Waals surface area contributed by atoms with E-state index in [1.54, 1.807) is 4.90 Å². The first-order chi connectivity index (χ1) is 15.4. The Bertz CT molecular complexity index is 993. The molecule has 1 N–H and O–H groups in total. The Kier molecular flexibility index (Phi) is 8.10. The van der Waals surface area contributed by atoms with Gasteiger partial charge in [-0.25, -0.2) is 4.39 Å². The van der Waals surface area contributed by atoms with Gasteiger partial charge in [0.2, 0.25) is 11.8 Å². The van der Waals surface area contributed by atoms with Crippen molar-refractivity contribution in [3.63, 3.8) is 0 Å². The summed E-state index contributed by atoms with van der Waals surface area (Å²) in [5, 5.41) is 2.73. The fourth-order valence-corrected chi connectivity index (χ4v) is 3.18. The molecule has 1 unspecified atom stereocenters. The van der Waals surface area contributed by atoms with E-state index in [0.717, 1.165) is 11.6 Å². The van der Waals surface area contributed by atoms with Crippen molar-refractivity contribution in [1.82, 2.24) is 10.2 Å². The summed E-state index contributed by atoms with van der Waals surface area (Å²) in [6, 6.07) is 13.5. The van der Waals surface area contributed by atoms with Gasteiger partial charge in [-0.15, -0.1) is 0 Å². The number of amides is 2. The van der Waals surface area contributed by atoms with E-state index in [-0.39, 0.29) is 42.1 Å². The van der Waals surface area contributed by atoms with E-state index in [1.165, 1.54) is 31.2 Å². The van der Waals surface area contributed by atoms with Gasteiger partial charge in [-0.3, -0.25) is 14.4 Å². The highest BCUT2D eigenvalue weighted by Gasteiger charge is 2.24. The van der Waals surface area contributed by atoms with E-state index in [0.29, 0.717) is 19.7 Å². The van der Waals surface area contributed by atoms with Crippen molar-refractivity contribution < 1.29 is 28.2 Å². The van der Waals surface area contributed by atoms with Crippen LogP contribution in [-0.2, 0) is 20.9 Å². The molecule has 32 heavy (non-hydrogen) atoms. The van der Waals surface area contributed by atoms with Crippen LogP contribution in [0, 0.1) is 5.82 Å². The molecule has 2 aromatic carbocycles. The molecule has 3 rings (SSSR count). The molecule has 0 radical (unpaired) electrons. The van der Waals surface area contributed by atoms with Gasteiger partial charge >= 0.3 is 0 Å². The number of hydrogen-bond donors (Lipinski definition) is 1. The SMILES string of the molecule is CC(=O)c1ccc(OCC2CN(C(=O)C=CC(=O)NCc3ccccc3)CCO2)cc1F. The monoisotopic (exact) mass is 440 g/mol.